The van der Waals surface area contributed by atoms with Gasteiger partial charge in [-0.1, -0.05) is 114 Å². The lowest BCUT2D eigenvalue weighted by atomic mass is 10.1. The summed E-state index contributed by atoms with van der Waals surface area (Å²) >= 11 is 18.2. The predicted molar refractivity (Wildman–Crippen MR) is 351 cm³/mol. The molecule has 2 fully saturated rings. The molecule has 4 N–H and O–H groups in total. The summed E-state index contributed by atoms with van der Waals surface area (Å²) in [6, 6.07) is 37.0. The van der Waals surface area contributed by atoms with Gasteiger partial charge in [-0.15, -0.1) is 0 Å². The molecule has 3 unspecified atom stereocenters. The Hall–Kier alpha value is -10.0. The van der Waals surface area contributed by atoms with E-state index in [9.17, 15) is 55.2 Å². The molecule has 0 spiro atoms. The number of para-hydroxylation sites is 3. The number of sulfonamides is 2. The molecule has 0 radical (unpaired) electrons. The Morgan fingerprint density at radius 1 is 0.596 bits per heavy atom. The lowest BCUT2D eigenvalue weighted by Gasteiger charge is -2.28. The number of nitrogens with one attached hydrogen (secondary N) is 4. The zero-order chi connectivity index (χ0) is 67.5. The van der Waals surface area contributed by atoms with Crippen molar-refractivity contribution in [2.24, 2.45) is 0 Å². The second kappa shape index (κ2) is 27.7. The lowest BCUT2D eigenvalue weighted by molar-refractivity contribution is -0.147. The van der Waals surface area contributed by atoms with Crippen LogP contribution >= 0.6 is 34.8 Å². The van der Waals surface area contributed by atoms with E-state index in [1.807, 2.05) is 18.2 Å². The first-order chi connectivity index (χ1) is 44.9. The number of carbonyl (C=O) groups excluding carboxylic acids is 8. The first-order valence-corrected chi connectivity index (χ1v) is 32.6. The maximum absolute atomic E-state index is 14.6. The van der Waals surface area contributed by atoms with E-state index in [0.29, 0.717) is 49.1 Å². The highest BCUT2D eigenvalue weighted by atomic mass is 35.5. The number of rotatable bonds is 19. The molecule has 0 bridgehead atoms. The van der Waals surface area contributed by atoms with Gasteiger partial charge in [0, 0.05) is 43.3 Å². The summed E-state index contributed by atoms with van der Waals surface area (Å²) in [5.74, 6) is -5.44. The average molecular weight is 1380 g/mol. The molecule has 3 aliphatic rings. The molecule has 94 heavy (non-hydrogen) atoms. The number of carbonyl (C=O) groups is 8. The van der Waals surface area contributed by atoms with E-state index in [-0.39, 0.29) is 73.8 Å². The molecule has 3 aliphatic heterocycles. The van der Waals surface area contributed by atoms with Gasteiger partial charge in [-0.25, -0.2) is 36.2 Å². The Bertz CT molecular complexity index is 4620. The number of aromatic nitrogens is 1. The number of halogens is 3. The van der Waals surface area contributed by atoms with Gasteiger partial charge in [-0.3, -0.25) is 47.7 Å². The van der Waals surface area contributed by atoms with Crippen LogP contribution < -0.4 is 34.5 Å². The fourth-order valence-electron chi connectivity index (χ4n) is 10.7. The highest BCUT2D eigenvalue weighted by Gasteiger charge is 2.53. The van der Waals surface area contributed by atoms with Crippen molar-refractivity contribution in [2.75, 3.05) is 73.0 Å². The van der Waals surface area contributed by atoms with Crippen LogP contribution in [0.2, 0.25) is 15.1 Å². The van der Waals surface area contributed by atoms with Crippen LogP contribution in [-0.4, -0.2) is 155 Å². The van der Waals surface area contributed by atoms with Crippen molar-refractivity contribution in [3.63, 3.8) is 0 Å². The Kier molecular flexibility index (Phi) is 19.7. The Morgan fingerprint density at radius 2 is 1.16 bits per heavy atom. The highest BCUT2D eigenvalue weighted by molar-refractivity contribution is 7.93. The maximum atomic E-state index is 14.6. The quantitative estimate of drug-likeness (QED) is 0.0433. The fraction of sp³-hybridized carbons (Fsp3) is 0.188. The number of imide groups is 2. The van der Waals surface area contributed by atoms with Crippen molar-refractivity contribution >= 4 is 142 Å². The van der Waals surface area contributed by atoms with Gasteiger partial charge in [0.2, 0.25) is 6.23 Å². The number of fused-ring (bicyclic) bond motifs is 2. The van der Waals surface area contributed by atoms with Crippen molar-refractivity contribution in [2.45, 2.75) is 41.4 Å². The van der Waals surface area contributed by atoms with Gasteiger partial charge in [-0.2, -0.15) is 0 Å². The molecule has 3 atom stereocenters. The molecule has 0 aliphatic carbocycles. The van der Waals surface area contributed by atoms with Crippen LogP contribution in [0.3, 0.4) is 0 Å². The molecular formula is C64H57Cl3N10O15S2. The van der Waals surface area contributed by atoms with Crippen LogP contribution in [0.15, 0.2) is 174 Å². The monoisotopic (exact) mass is 1370 g/mol. The standard InChI is InChI=1S/C34H28ClN5O7S.C30H29Cl2N5O8S/c1-38-20-30(41)40(34(38)44)31(33(43)39-27-15-9-6-12-22(27)18-28(39)21-10-4-3-5-11-21)32(42)36-26-19-23(16-17-29(26)47-2)48(45,46)37-25-14-8-7-13-24(25)35;1-4-45-29-28(40)37(30(41)35(29)2)25(27(39)36-14-13-17-7-5-6-8-23(17)36)26(38)33-22-16-19(10-12-24(22)44-3)46(42,43)34-21-11-9-18(31)15-20(21)32/h3-19,31,37H,20H2,1-2H3,(H,36,42);5-12,15-16,25,29,34H,4,13-14H2,1-3H3,(H,33,38). The minimum absolute atomic E-state index is 0.0397. The van der Waals surface area contributed by atoms with E-state index in [0.717, 1.165) is 27.5 Å². The number of hydrogen-bond donors (Lipinski definition) is 4. The van der Waals surface area contributed by atoms with E-state index < -0.39 is 85.9 Å². The number of urea groups is 2. The topological polar surface area (TPSA) is 302 Å². The van der Waals surface area contributed by atoms with Crippen LogP contribution in [0, 0.1) is 0 Å². The smallest absolute Gasteiger partial charge is 0.330 e. The van der Waals surface area contributed by atoms with Gasteiger partial charge >= 0.3 is 12.1 Å². The van der Waals surface area contributed by atoms with Crippen molar-refractivity contribution in [3.8, 4) is 22.8 Å². The molecule has 9 amide bonds. The largest absolute Gasteiger partial charge is 0.495 e. The van der Waals surface area contributed by atoms with Gasteiger partial charge in [0.05, 0.1) is 68.0 Å². The summed E-state index contributed by atoms with van der Waals surface area (Å²) in [5.41, 5.74) is 2.84. The molecule has 11 rings (SSSR count). The van der Waals surface area contributed by atoms with Crippen LogP contribution in [0.4, 0.5) is 38.0 Å². The zero-order valence-electron chi connectivity index (χ0n) is 50.4. The summed E-state index contributed by atoms with van der Waals surface area (Å²) in [6.45, 7) is 1.57. The van der Waals surface area contributed by atoms with E-state index in [1.165, 1.54) is 92.4 Å². The zero-order valence-corrected chi connectivity index (χ0v) is 54.3. The third-order valence-electron chi connectivity index (χ3n) is 15.2. The van der Waals surface area contributed by atoms with E-state index >= 15 is 0 Å². The van der Waals surface area contributed by atoms with E-state index in [1.54, 1.807) is 85.8 Å². The van der Waals surface area contributed by atoms with Gasteiger partial charge < -0.3 is 34.6 Å². The molecule has 1 aromatic heterocycles. The number of ether oxygens (including phenoxy) is 3. The molecular weight excluding hydrogens is 1320 g/mol. The number of amides is 9. The second-order valence-corrected chi connectivity index (χ2v) is 25.7. The lowest BCUT2D eigenvalue weighted by Crippen LogP contribution is -2.57. The molecule has 0 saturated carbocycles. The van der Waals surface area contributed by atoms with Gasteiger partial charge in [0.1, 0.15) is 18.0 Å². The van der Waals surface area contributed by atoms with Crippen LogP contribution in [0.1, 0.15) is 17.3 Å². The molecule has 4 heterocycles. The second-order valence-electron chi connectivity index (χ2n) is 21.1. The minimum Gasteiger partial charge on any atom is -0.495 e. The molecule has 486 valence electrons. The van der Waals surface area contributed by atoms with Crippen molar-refractivity contribution < 1.29 is 69.4 Å². The van der Waals surface area contributed by atoms with Crippen LogP contribution in [0.25, 0.3) is 22.2 Å². The number of likely N-dealkylation sites (N-methyl/N-ethyl adjacent to an activating group) is 2. The molecule has 2 saturated heterocycles. The number of anilines is 5. The van der Waals surface area contributed by atoms with Gasteiger partial charge in [-0.05, 0) is 109 Å². The van der Waals surface area contributed by atoms with Crippen LogP contribution in [0.5, 0.6) is 11.5 Å². The molecule has 25 nitrogen and oxygen atoms in total. The first kappa shape index (κ1) is 66.9. The summed E-state index contributed by atoms with van der Waals surface area (Å²) in [7, 11) is -3.19. The minimum atomic E-state index is -4.27. The highest BCUT2D eigenvalue weighted by Crippen LogP contribution is 2.37. The predicted octanol–water partition coefficient (Wildman–Crippen LogP) is 9.27. The van der Waals surface area contributed by atoms with E-state index in [4.69, 9.17) is 49.0 Å². The Morgan fingerprint density at radius 3 is 1.74 bits per heavy atom. The third-order valence-corrected chi connectivity index (χ3v) is 18.8. The summed E-state index contributed by atoms with van der Waals surface area (Å²) in [4.78, 5) is 114. The first-order valence-electron chi connectivity index (χ1n) is 28.5. The summed E-state index contributed by atoms with van der Waals surface area (Å²) < 4.78 is 75.5. The number of nitrogens with zero attached hydrogens (tertiary/aromatic N) is 6. The number of hydrogen-bond acceptors (Lipinski definition) is 15. The van der Waals surface area contributed by atoms with Gasteiger partial charge in [0.15, 0.2) is 12.1 Å². The molecule has 7 aromatic carbocycles. The van der Waals surface area contributed by atoms with E-state index in [2.05, 4.69) is 20.1 Å². The van der Waals surface area contributed by atoms with Crippen molar-refractivity contribution in [1.82, 2.24) is 24.2 Å². The number of methoxy groups -OCH3 is 2. The average Bonchev–Trinajstić information content (AvgIpc) is 1.57. The summed E-state index contributed by atoms with van der Waals surface area (Å²) in [6.07, 6.45) is -0.849. The fourth-order valence-corrected chi connectivity index (χ4v) is 13.6. The Balaban J connectivity index is 0.000000205. The SMILES string of the molecule is CCOC1C(=O)N(C(C(=O)Nc2cc(S(=O)(=O)Nc3ccc(Cl)cc3Cl)ccc2OC)C(=O)N2CCc3ccccc32)C(=O)N1C.COc1ccc(S(=O)(=O)Nc2ccccc2Cl)cc1NC(=O)C(C(=O)n1c(-c2ccccc2)cc2ccccc21)N1C(=O)CN(C)C1=O. The van der Waals surface area contributed by atoms with Gasteiger partial charge in [0.25, 0.3) is 55.5 Å². The van der Waals surface area contributed by atoms with Crippen LogP contribution in [-0.2, 0) is 55.2 Å². The molecule has 8 aromatic rings. The van der Waals surface area contributed by atoms with Crippen molar-refractivity contribution in [1.29, 1.82) is 0 Å². The maximum Gasteiger partial charge on any atom is 0.330 e. The summed E-state index contributed by atoms with van der Waals surface area (Å²) in [5, 5.41) is 6.27. The number of benzene rings is 7. The normalized spacial score (nSPS) is 15.3. The Labute approximate surface area is 553 Å². The van der Waals surface area contributed by atoms with Crippen molar-refractivity contribution in [3.05, 3.63) is 184 Å². The molecule has 30 heteroatoms. The third kappa shape index (κ3) is 13.4.